The minimum Gasteiger partial charge on any atom is -0.183 e. The number of hydrogen-bond donors (Lipinski definition) is 1. The average Bonchev–Trinajstić information content (AvgIpc) is 1.36. The second kappa shape index (κ2) is 4.04. The van der Waals surface area contributed by atoms with Gasteiger partial charge in [0.15, 0.2) is 0 Å². The lowest BCUT2D eigenvalue weighted by molar-refractivity contribution is -1.92. The smallest absolute Gasteiger partial charge is 0.0777 e. The van der Waals surface area contributed by atoms with Gasteiger partial charge in [0.25, 0.3) is 0 Å². The van der Waals surface area contributed by atoms with Gasteiger partial charge in [0.2, 0.25) is 0 Å². The normalized spacial score (nSPS) is 9.14. The lowest BCUT2D eigenvalue weighted by atomic mass is 11.3. The van der Waals surface area contributed by atoms with Crippen molar-refractivity contribution in [1.82, 2.24) is 0 Å². The van der Waals surface area contributed by atoms with Crippen molar-refractivity contribution in [3.63, 3.8) is 0 Å². The Morgan fingerprint density at radius 2 is 1.14 bits per heavy atom. The minimum atomic E-state index is -4.69. The molecule has 1 N–H and O–H groups in total. The largest absolute Gasteiger partial charge is 0.183 e. The van der Waals surface area contributed by atoms with E-state index in [0.29, 0.717) is 0 Å². The molecule has 0 atom stereocenters. The molecule has 44 valence electrons. The molecule has 0 fully saturated rings. The Hall–Kier alpha value is -0.130. The van der Waals surface area contributed by atoms with E-state index in [0.717, 1.165) is 0 Å². The first-order valence-electron chi connectivity index (χ1n) is 1.13. The summed E-state index contributed by atoms with van der Waals surface area (Å²) >= 11 is 0. The Balaban J connectivity index is 0. The van der Waals surface area contributed by atoms with Crippen LogP contribution in [0.2, 0.25) is 0 Å². The quantitative estimate of drug-likeness (QED) is 0.346. The highest BCUT2D eigenvalue weighted by atomic mass is 35.7. The minimum absolute atomic E-state index is 3.00. The molecule has 0 radical (unpaired) electrons. The molecule has 0 aromatic rings. The van der Waals surface area contributed by atoms with Gasteiger partial charge in [0.1, 0.15) is 0 Å². The van der Waals surface area contributed by atoms with E-state index >= 15 is 0 Å². The standard InChI is InChI=1S/C2H4.ClHO4/c1-2;2-1(3,4)5/h1-2H2;(H,2,3,4,5). The fourth-order valence-corrected chi connectivity index (χ4v) is 0. The van der Waals surface area contributed by atoms with Crippen LogP contribution in [0.1, 0.15) is 0 Å². The van der Waals surface area contributed by atoms with Crippen molar-refractivity contribution in [2.45, 2.75) is 0 Å². The molecule has 4 nitrogen and oxygen atoms in total. The first-order chi connectivity index (χ1) is 3.00. The van der Waals surface area contributed by atoms with Crippen molar-refractivity contribution in [1.29, 1.82) is 0 Å². The molecule has 0 bridgehead atoms. The molecule has 0 saturated heterocycles. The van der Waals surface area contributed by atoms with Crippen LogP contribution in [0.3, 0.4) is 0 Å². The number of rotatable bonds is 0. The van der Waals surface area contributed by atoms with Gasteiger partial charge < -0.3 is 0 Å². The van der Waals surface area contributed by atoms with Crippen LogP contribution in [0.5, 0.6) is 0 Å². The van der Waals surface area contributed by atoms with Gasteiger partial charge in [0.05, 0.1) is 14.9 Å². The van der Waals surface area contributed by atoms with Crippen molar-refractivity contribution >= 4 is 0 Å². The molecule has 0 spiro atoms. The van der Waals surface area contributed by atoms with Gasteiger partial charge in [-0.25, -0.2) is 0 Å². The lowest BCUT2D eigenvalue weighted by Gasteiger charge is -2.03. The molecule has 0 heterocycles. The van der Waals surface area contributed by atoms with Crippen LogP contribution in [-0.2, 0) is 0 Å². The summed E-state index contributed by atoms with van der Waals surface area (Å²) in [5.41, 5.74) is 0. The third-order valence-corrected chi connectivity index (χ3v) is 0. The van der Waals surface area contributed by atoms with E-state index in [1.165, 1.54) is 0 Å². The summed E-state index contributed by atoms with van der Waals surface area (Å²) in [4.78, 5) is 0. The summed E-state index contributed by atoms with van der Waals surface area (Å²) in [6.07, 6.45) is 0. The molecule has 7 heavy (non-hydrogen) atoms. The van der Waals surface area contributed by atoms with Crippen molar-refractivity contribution in [2.75, 3.05) is 0 Å². The molecular weight excluding hydrogens is 123 g/mol. The van der Waals surface area contributed by atoms with Crippen LogP contribution < -0.4 is 14.0 Å². The zero-order valence-electron chi connectivity index (χ0n) is 3.46. The Labute approximate surface area is 43.1 Å². The van der Waals surface area contributed by atoms with E-state index < -0.39 is 10.2 Å². The van der Waals surface area contributed by atoms with Crippen LogP contribution in [0.4, 0.5) is 0 Å². The van der Waals surface area contributed by atoms with Gasteiger partial charge in [-0.05, 0) is 0 Å². The van der Waals surface area contributed by atoms with Crippen molar-refractivity contribution in [2.24, 2.45) is 0 Å². The van der Waals surface area contributed by atoms with Gasteiger partial charge in [-0.2, -0.15) is 14.0 Å². The number of halogens is 1. The highest BCUT2D eigenvalue weighted by Crippen LogP contribution is 1.60. The number of hydrogen-bond acceptors (Lipinski definition) is 4. The van der Waals surface area contributed by atoms with Crippen LogP contribution >= 0.6 is 0 Å². The van der Waals surface area contributed by atoms with E-state index in [1.807, 2.05) is 0 Å². The molecule has 0 aliphatic carbocycles. The molecule has 5 heteroatoms. The van der Waals surface area contributed by atoms with Crippen LogP contribution in [0.25, 0.3) is 0 Å². The lowest BCUT2D eigenvalue weighted by Crippen LogP contribution is -2.58. The van der Waals surface area contributed by atoms with E-state index in [2.05, 4.69) is 13.2 Å². The maximum atomic E-state index is 8.60. The highest BCUT2D eigenvalue weighted by Gasteiger charge is 1.98. The molecule has 0 rings (SSSR count). The summed E-state index contributed by atoms with van der Waals surface area (Å²) < 4.78 is 32.7. The van der Waals surface area contributed by atoms with Gasteiger partial charge in [-0.1, -0.05) is 0 Å². The SMILES string of the molecule is C=C.[O-][Cl+3]([O-])([O-])O. The first kappa shape index (κ1) is 9.98. The summed E-state index contributed by atoms with van der Waals surface area (Å²) in [6, 6.07) is 0. The maximum Gasteiger partial charge on any atom is 0.0777 e. The van der Waals surface area contributed by atoms with Gasteiger partial charge in [-0.3, -0.25) is 0 Å². The van der Waals surface area contributed by atoms with Crippen molar-refractivity contribution in [3.8, 4) is 0 Å². The van der Waals surface area contributed by atoms with Crippen LogP contribution in [0.15, 0.2) is 13.2 Å². The van der Waals surface area contributed by atoms with Gasteiger partial charge in [-0.15, -0.1) is 13.2 Å². The monoisotopic (exact) mass is 128 g/mol. The average molecular weight is 129 g/mol. The Morgan fingerprint density at radius 1 is 1.14 bits per heavy atom. The molecule has 0 aromatic carbocycles. The Morgan fingerprint density at radius 3 is 1.14 bits per heavy atom. The molecule has 0 unspecified atom stereocenters. The van der Waals surface area contributed by atoms with E-state index in [4.69, 9.17) is 18.6 Å². The zero-order chi connectivity index (χ0) is 6.50. The molecular formula is C2H5ClO4. The first-order valence-corrected chi connectivity index (χ1v) is 2.40. The highest BCUT2D eigenvalue weighted by molar-refractivity contribution is 4.22. The van der Waals surface area contributed by atoms with Gasteiger partial charge >= 0.3 is 0 Å². The molecule has 0 amide bonds. The Bertz CT molecular complexity index is 33.4. The summed E-state index contributed by atoms with van der Waals surface area (Å²) in [6.45, 7) is 6.00. The summed E-state index contributed by atoms with van der Waals surface area (Å²) in [5.74, 6) is 0. The Kier molecular flexibility index (Phi) is 5.76. The van der Waals surface area contributed by atoms with Crippen LogP contribution in [-0.4, -0.2) is 4.66 Å². The topological polar surface area (TPSA) is 89.4 Å². The summed E-state index contributed by atoms with van der Waals surface area (Å²) in [5, 5.41) is 0. The predicted molar refractivity (Wildman–Crippen MR) is 13.5 cm³/mol. The van der Waals surface area contributed by atoms with E-state index in [1.54, 1.807) is 0 Å². The van der Waals surface area contributed by atoms with Crippen molar-refractivity contribution < 1.29 is 28.9 Å². The third-order valence-electron chi connectivity index (χ3n) is 0. The fraction of sp³-hybridized carbons (Fsp3) is 0. The predicted octanol–water partition coefficient (Wildman–Crippen LogP) is -3.32. The molecule has 0 aromatic heterocycles. The second-order valence-electron chi connectivity index (χ2n) is 0.396. The zero-order valence-corrected chi connectivity index (χ0v) is 4.22. The van der Waals surface area contributed by atoms with Gasteiger partial charge in [0, 0.05) is 0 Å². The third kappa shape index (κ3) is 5200. The maximum absolute atomic E-state index is 8.60. The second-order valence-corrected chi connectivity index (χ2v) is 1.19. The summed E-state index contributed by atoms with van der Waals surface area (Å²) in [7, 11) is -4.69. The molecule has 0 saturated carbocycles. The van der Waals surface area contributed by atoms with Crippen LogP contribution in [0, 0.1) is 10.2 Å². The fourth-order valence-electron chi connectivity index (χ4n) is 0. The van der Waals surface area contributed by atoms with E-state index in [9.17, 15) is 0 Å². The molecule has 0 aliphatic rings. The van der Waals surface area contributed by atoms with Crippen molar-refractivity contribution in [3.05, 3.63) is 13.2 Å². The molecule has 0 aliphatic heterocycles. The van der Waals surface area contributed by atoms with E-state index in [-0.39, 0.29) is 0 Å².